The number of likely N-dealkylation sites (tertiary alicyclic amines) is 1. The maximum Gasteiger partial charge on any atom is 0.337 e. The molecule has 5 nitrogen and oxygen atoms in total. The number of likely N-dealkylation sites (N-methyl/N-ethyl adjacent to an activating group) is 1. The number of carbonyl (C=O) groups is 2. The lowest BCUT2D eigenvalue weighted by atomic mass is 9.87. The number of amides is 1. The van der Waals surface area contributed by atoms with Crippen LogP contribution in [0.5, 0.6) is 5.75 Å². The third-order valence-corrected chi connectivity index (χ3v) is 4.17. The Labute approximate surface area is 122 Å². The summed E-state index contributed by atoms with van der Waals surface area (Å²) < 4.78 is 9.80. The maximum absolute atomic E-state index is 12.2. The SMILES string of the molecule is COC(=O)C1(Cl)C(=O)N(C)CC1c1ccc(OC)cc1. The zero-order chi connectivity index (χ0) is 14.9. The van der Waals surface area contributed by atoms with Gasteiger partial charge in [0.15, 0.2) is 0 Å². The Bertz CT molecular complexity index is 530. The second-order valence-electron chi connectivity index (χ2n) is 4.71. The van der Waals surface area contributed by atoms with Crippen molar-refractivity contribution >= 4 is 23.5 Å². The highest BCUT2D eigenvalue weighted by Gasteiger charge is 2.59. The van der Waals surface area contributed by atoms with Gasteiger partial charge in [-0.2, -0.15) is 0 Å². The first kappa shape index (κ1) is 14.7. The summed E-state index contributed by atoms with van der Waals surface area (Å²) in [4.78, 5) is 23.9. The van der Waals surface area contributed by atoms with Gasteiger partial charge in [-0.05, 0) is 17.7 Å². The summed E-state index contributed by atoms with van der Waals surface area (Å²) in [6.45, 7) is 0.365. The van der Waals surface area contributed by atoms with Crippen LogP contribution in [0.25, 0.3) is 0 Å². The lowest BCUT2D eigenvalue weighted by Gasteiger charge is -2.23. The van der Waals surface area contributed by atoms with Crippen molar-refractivity contribution in [1.82, 2.24) is 4.90 Å². The van der Waals surface area contributed by atoms with Crippen molar-refractivity contribution in [3.8, 4) is 5.75 Å². The van der Waals surface area contributed by atoms with E-state index in [0.29, 0.717) is 12.3 Å². The van der Waals surface area contributed by atoms with Crippen molar-refractivity contribution in [1.29, 1.82) is 0 Å². The van der Waals surface area contributed by atoms with Crippen LogP contribution in [0.1, 0.15) is 11.5 Å². The number of carbonyl (C=O) groups excluding carboxylic acids is 2. The monoisotopic (exact) mass is 297 g/mol. The summed E-state index contributed by atoms with van der Waals surface area (Å²) in [5.74, 6) is -0.925. The molecule has 2 unspecified atom stereocenters. The van der Waals surface area contributed by atoms with Crippen LogP contribution in [0.2, 0.25) is 0 Å². The fourth-order valence-corrected chi connectivity index (χ4v) is 2.88. The molecule has 6 heteroatoms. The number of benzene rings is 1. The normalized spacial score (nSPS) is 25.7. The van der Waals surface area contributed by atoms with Gasteiger partial charge in [-0.1, -0.05) is 23.7 Å². The molecule has 1 saturated heterocycles. The van der Waals surface area contributed by atoms with Crippen LogP contribution in [-0.2, 0) is 14.3 Å². The Balaban J connectivity index is 2.42. The van der Waals surface area contributed by atoms with Gasteiger partial charge in [0, 0.05) is 19.5 Å². The van der Waals surface area contributed by atoms with Crippen LogP contribution in [-0.4, -0.2) is 49.5 Å². The van der Waals surface area contributed by atoms with Crippen LogP contribution < -0.4 is 4.74 Å². The second-order valence-corrected chi connectivity index (χ2v) is 5.31. The van der Waals surface area contributed by atoms with Crippen molar-refractivity contribution in [2.75, 3.05) is 27.8 Å². The number of hydrogen-bond acceptors (Lipinski definition) is 4. The van der Waals surface area contributed by atoms with Crippen LogP contribution in [0.4, 0.5) is 0 Å². The average molecular weight is 298 g/mol. The van der Waals surface area contributed by atoms with Crippen molar-refractivity contribution in [2.45, 2.75) is 10.8 Å². The molecule has 0 radical (unpaired) electrons. The fourth-order valence-electron chi connectivity index (χ4n) is 2.46. The van der Waals surface area contributed by atoms with E-state index in [1.54, 1.807) is 38.4 Å². The number of alkyl halides is 1. The van der Waals surface area contributed by atoms with Gasteiger partial charge >= 0.3 is 5.97 Å². The molecule has 20 heavy (non-hydrogen) atoms. The Kier molecular flexibility index (Phi) is 3.90. The summed E-state index contributed by atoms with van der Waals surface area (Å²) in [6.07, 6.45) is 0. The van der Waals surface area contributed by atoms with Gasteiger partial charge in [-0.15, -0.1) is 0 Å². The molecule has 1 aliphatic heterocycles. The quantitative estimate of drug-likeness (QED) is 0.481. The topological polar surface area (TPSA) is 55.8 Å². The molecule has 1 aromatic rings. The lowest BCUT2D eigenvalue weighted by molar-refractivity contribution is -0.148. The van der Waals surface area contributed by atoms with Crippen molar-refractivity contribution < 1.29 is 19.1 Å². The first-order valence-corrected chi connectivity index (χ1v) is 6.49. The first-order chi connectivity index (χ1) is 9.44. The molecule has 1 aliphatic rings. The molecule has 108 valence electrons. The van der Waals surface area contributed by atoms with Gasteiger partial charge in [0.2, 0.25) is 4.87 Å². The molecule has 1 fully saturated rings. The highest BCUT2D eigenvalue weighted by atomic mass is 35.5. The van der Waals surface area contributed by atoms with Crippen molar-refractivity contribution in [3.05, 3.63) is 29.8 Å². The van der Waals surface area contributed by atoms with E-state index in [1.807, 2.05) is 0 Å². The van der Waals surface area contributed by atoms with Gasteiger partial charge in [0.1, 0.15) is 5.75 Å². The standard InChI is InChI=1S/C14H16ClNO4/c1-16-8-11(9-4-6-10(19-2)7-5-9)14(15,12(16)17)13(18)20-3/h4-7,11H,8H2,1-3H3. The van der Waals surface area contributed by atoms with Gasteiger partial charge in [0.25, 0.3) is 5.91 Å². The molecule has 0 N–H and O–H groups in total. The number of rotatable bonds is 3. The summed E-state index contributed by atoms with van der Waals surface area (Å²) in [5.41, 5.74) is 0.795. The number of esters is 1. The molecular formula is C14H16ClNO4. The molecule has 0 bridgehead atoms. The van der Waals surface area contributed by atoms with E-state index in [0.717, 1.165) is 5.56 Å². The summed E-state index contributed by atoms with van der Waals surface area (Å²) >= 11 is 6.34. The Morgan fingerprint density at radius 1 is 1.35 bits per heavy atom. The summed E-state index contributed by atoms with van der Waals surface area (Å²) in [7, 11) is 4.41. The Hall–Kier alpha value is -1.75. The largest absolute Gasteiger partial charge is 0.497 e. The molecule has 1 amide bonds. The van der Waals surface area contributed by atoms with Crippen molar-refractivity contribution in [2.24, 2.45) is 0 Å². The fraction of sp³-hybridized carbons (Fsp3) is 0.429. The van der Waals surface area contributed by atoms with Gasteiger partial charge < -0.3 is 14.4 Å². The number of ether oxygens (including phenoxy) is 2. The molecule has 2 rings (SSSR count). The second kappa shape index (κ2) is 5.32. The predicted molar refractivity (Wildman–Crippen MR) is 74.0 cm³/mol. The zero-order valence-electron chi connectivity index (χ0n) is 11.6. The molecular weight excluding hydrogens is 282 g/mol. The van der Waals surface area contributed by atoms with Crippen molar-refractivity contribution in [3.63, 3.8) is 0 Å². The Morgan fingerprint density at radius 2 is 1.95 bits per heavy atom. The minimum Gasteiger partial charge on any atom is -0.497 e. The van der Waals surface area contributed by atoms with E-state index in [1.165, 1.54) is 12.0 Å². The van der Waals surface area contributed by atoms with E-state index in [-0.39, 0.29) is 0 Å². The molecule has 1 heterocycles. The van der Waals surface area contributed by atoms with E-state index < -0.39 is 22.7 Å². The first-order valence-electron chi connectivity index (χ1n) is 6.12. The Morgan fingerprint density at radius 3 is 2.45 bits per heavy atom. The number of nitrogens with zero attached hydrogens (tertiary/aromatic N) is 1. The zero-order valence-corrected chi connectivity index (χ0v) is 12.3. The molecule has 0 spiro atoms. The molecule has 2 atom stereocenters. The number of halogens is 1. The molecule has 0 saturated carbocycles. The predicted octanol–water partition coefficient (Wildman–Crippen LogP) is 1.40. The lowest BCUT2D eigenvalue weighted by Crippen LogP contribution is -2.45. The van der Waals surface area contributed by atoms with Gasteiger partial charge in [0.05, 0.1) is 14.2 Å². The maximum atomic E-state index is 12.2. The number of methoxy groups -OCH3 is 2. The number of hydrogen-bond donors (Lipinski definition) is 0. The molecule has 0 aromatic heterocycles. The summed E-state index contributed by atoms with van der Waals surface area (Å²) in [6, 6.07) is 7.14. The van der Waals surface area contributed by atoms with E-state index >= 15 is 0 Å². The molecule has 1 aromatic carbocycles. The van der Waals surface area contributed by atoms with Crippen LogP contribution in [0, 0.1) is 0 Å². The average Bonchev–Trinajstić information content (AvgIpc) is 2.72. The third-order valence-electron chi connectivity index (χ3n) is 3.60. The van der Waals surface area contributed by atoms with Crippen LogP contribution in [0.15, 0.2) is 24.3 Å². The molecule has 0 aliphatic carbocycles. The highest BCUT2D eigenvalue weighted by Crippen LogP contribution is 2.42. The van der Waals surface area contributed by atoms with Gasteiger partial charge in [-0.25, -0.2) is 4.79 Å². The van der Waals surface area contributed by atoms with E-state index in [9.17, 15) is 9.59 Å². The smallest absolute Gasteiger partial charge is 0.337 e. The highest BCUT2D eigenvalue weighted by molar-refractivity contribution is 6.46. The van der Waals surface area contributed by atoms with Crippen LogP contribution >= 0.6 is 11.6 Å². The minimum atomic E-state index is -1.70. The third kappa shape index (κ3) is 2.12. The summed E-state index contributed by atoms with van der Waals surface area (Å²) in [5, 5.41) is 0. The minimum absolute atomic E-state index is 0.365. The van der Waals surface area contributed by atoms with E-state index in [4.69, 9.17) is 21.1 Å². The van der Waals surface area contributed by atoms with E-state index in [2.05, 4.69) is 0 Å². The van der Waals surface area contributed by atoms with Crippen LogP contribution in [0.3, 0.4) is 0 Å². The van der Waals surface area contributed by atoms with Gasteiger partial charge in [-0.3, -0.25) is 4.79 Å².